The highest BCUT2D eigenvalue weighted by molar-refractivity contribution is 5.43. The van der Waals surface area contributed by atoms with E-state index in [9.17, 15) is 5.11 Å². The molecule has 0 aliphatic carbocycles. The van der Waals surface area contributed by atoms with Crippen LogP contribution in [-0.4, -0.2) is 49.5 Å². The Kier molecular flexibility index (Phi) is 5.01. The zero-order valence-corrected chi connectivity index (χ0v) is 11.3. The Balaban J connectivity index is 1.99. The maximum absolute atomic E-state index is 9.52. The lowest BCUT2D eigenvalue weighted by molar-refractivity contribution is 0.129. The van der Waals surface area contributed by atoms with Crippen LogP contribution in [0.15, 0.2) is 18.2 Å². The summed E-state index contributed by atoms with van der Waals surface area (Å²) in [6, 6.07) is 5.98. The summed E-state index contributed by atoms with van der Waals surface area (Å²) in [7, 11) is 1.96. The molecular formula is C14H22N2O3. The Labute approximate surface area is 113 Å². The molecule has 1 atom stereocenters. The minimum Gasteiger partial charge on any atom is -0.490 e. The van der Waals surface area contributed by atoms with Gasteiger partial charge >= 0.3 is 0 Å². The molecule has 0 aromatic heterocycles. The standard InChI is InChI=1S/C14H22N2O3/c1-16(10-12(17)8-15)9-11-3-4-13-14(7-11)19-6-2-5-18-13/h3-4,7,12,17H,2,5-6,8-10,15H2,1H3. The largest absolute Gasteiger partial charge is 0.490 e. The zero-order valence-electron chi connectivity index (χ0n) is 11.3. The van der Waals surface area contributed by atoms with E-state index in [1.54, 1.807) is 0 Å². The molecule has 0 spiro atoms. The number of fused-ring (bicyclic) bond motifs is 1. The summed E-state index contributed by atoms with van der Waals surface area (Å²) in [5.41, 5.74) is 6.54. The van der Waals surface area contributed by atoms with Crippen molar-refractivity contribution in [2.45, 2.75) is 19.1 Å². The first-order valence-corrected chi connectivity index (χ1v) is 6.64. The van der Waals surface area contributed by atoms with Crippen molar-refractivity contribution in [3.05, 3.63) is 23.8 Å². The number of nitrogens with two attached hydrogens (primary N) is 1. The molecule has 5 nitrogen and oxygen atoms in total. The fourth-order valence-electron chi connectivity index (χ4n) is 2.12. The average molecular weight is 266 g/mol. The van der Waals surface area contributed by atoms with Crippen LogP contribution in [0.3, 0.4) is 0 Å². The maximum Gasteiger partial charge on any atom is 0.161 e. The summed E-state index contributed by atoms with van der Waals surface area (Å²) in [5.74, 6) is 1.62. The SMILES string of the molecule is CN(Cc1ccc2c(c1)OCCCO2)CC(O)CN. The van der Waals surface area contributed by atoms with Crippen LogP contribution < -0.4 is 15.2 Å². The lowest BCUT2D eigenvalue weighted by Crippen LogP contribution is -2.33. The summed E-state index contributed by atoms with van der Waals surface area (Å²) < 4.78 is 11.3. The fourth-order valence-corrected chi connectivity index (χ4v) is 2.12. The van der Waals surface area contributed by atoms with Crippen LogP contribution in [-0.2, 0) is 6.54 Å². The van der Waals surface area contributed by atoms with Crippen LogP contribution in [0.2, 0.25) is 0 Å². The van der Waals surface area contributed by atoms with E-state index in [-0.39, 0.29) is 6.54 Å². The van der Waals surface area contributed by atoms with Crippen molar-refractivity contribution in [2.24, 2.45) is 5.73 Å². The predicted octanol–water partition coefficient (Wildman–Crippen LogP) is 0.599. The van der Waals surface area contributed by atoms with E-state index in [1.165, 1.54) is 0 Å². The highest BCUT2D eigenvalue weighted by atomic mass is 16.5. The Morgan fingerprint density at radius 2 is 2.05 bits per heavy atom. The molecule has 0 radical (unpaired) electrons. The molecule has 0 fully saturated rings. The number of nitrogens with zero attached hydrogens (tertiary/aromatic N) is 1. The molecule has 1 unspecified atom stereocenters. The molecule has 1 heterocycles. The van der Waals surface area contributed by atoms with Gasteiger partial charge in [-0.25, -0.2) is 0 Å². The molecule has 0 saturated heterocycles. The number of hydrogen-bond donors (Lipinski definition) is 2. The van der Waals surface area contributed by atoms with Crippen molar-refractivity contribution in [3.63, 3.8) is 0 Å². The normalized spacial score (nSPS) is 16.2. The number of aliphatic hydroxyl groups is 1. The van der Waals surface area contributed by atoms with Gasteiger partial charge in [-0.05, 0) is 24.7 Å². The Bertz CT molecular complexity index is 412. The first-order chi connectivity index (χ1) is 9.19. The van der Waals surface area contributed by atoms with Crippen LogP contribution in [0.4, 0.5) is 0 Å². The summed E-state index contributed by atoms with van der Waals surface area (Å²) >= 11 is 0. The Hall–Kier alpha value is -1.30. The van der Waals surface area contributed by atoms with Gasteiger partial charge < -0.3 is 20.3 Å². The molecule has 0 bridgehead atoms. The third kappa shape index (κ3) is 4.09. The molecule has 3 N–H and O–H groups in total. The molecular weight excluding hydrogens is 244 g/mol. The zero-order chi connectivity index (χ0) is 13.7. The number of benzene rings is 1. The first kappa shape index (κ1) is 14.1. The maximum atomic E-state index is 9.52. The van der Waals surface area contributed by atoms with Gasteiger partial charge in [-0.15, -0.1) is 0 Å². The van der Waals surface area contributed by atoms with E-state index >= 15 is 0 Å². The van der Waals surface area contributed by atoms with E-state index in [0.29, 0.717) is 19.8 Å². The fraction of sp³-hybridized carbons (Fsp3) is 0.571. The second kappa shape index (κ2) is 6.75. The molecule has 2 rings (SSSR count). The monoisotopic (exact) mass is 266 g/mol. The molecule has 106 valence electrons. The van der Waals surface area contributed by atoms with Crippen molar-refractivity contribution < 1.29 is 14.6 Å². The summed E-state index contributed by atoms with van der Waals surface area (Å²) in [6.45, 7) is 2.98. The van der Waals surface area contributed by atoms with Gasteiger partial charge in [0.05, 0.1) is 19.3 Å². The minimum atomic E-state index is -0.481. The van der Waals surface area contributed by atoms with Crippen LogP contribution >= 0.6 is 0 Å². The second-order valence-corrected chi connectivity index (χ2v) is 4.92. The van der Waals surface area contributed by atoms with Gasteiger partial charge in [-0.2, -0.15) is 0 Å². The first-order valence-electron chi connectivity index (χ1n) is 6.64. The second-order valence-electron chi connectivity index (χ2n) is 4.92. The molecule has 1 aromatic rings. The van der Waals surface area contributed by atoms with Gasteiger partial charge in [-0.1, -0.05) is 6.07 Å². The van der Waals surface area contributed by atoms with E-state index in [2.05, 4.69) is 0 Å². The van der Waals surface area contributed by atoms with Gasteiger partial charge in [0, 0.05) is 26.1 Å². The highest BCUT2D eigenvalue weighted by Gasteiger charge is 2.12. The average Bonchev–Trinajstić information content (AvgIpc) is 2.63. The van der Waals surface area contributed by atoms with E-state index in [4.69, 9.17) is 15.2 Å². The number of ether oxygens (including phenoxy) is 2. The van der Waals surface area contributed by atoms with Crippen molar-refractivity contribution in [3.8, 4) is 11.5 Å². The van der Waals surface area contributed by atoms with Crippen LogP contribution in [0.1, 0.15) is 12.0 Å². The number of rotatable bonds is 5. The van der Waals surface area contributed by atoms with Gasteiger partial charge in [0.25, 0.3) is 0 Å². The van der Waals surface area contributed by atoms with Crippen LogP contribution in [0, 0.1) is 0 Å². The van der Waals surface area contributed by atoms with Crippen molar-refractivity contribution >= 4 is 0 Å². The van der Waals surface area contributed by atoms with Gasteiger partial charge in [0.15, 0.2) is 11.5 Å². The molecule has 1 aromatic carbocycles. The lowest BCUT2D eigenvalue weighted by atomic mass is 10.2. The number of hydrogen-bond acceptors (Lipinski definition) is 5. The van der Waals surface area contributed by atoms with Crippen LogP contribution in [0.5, 0.6) is 11.5 Å². The molecule has 1 aliphatic heterocycles. The molecule has 19 heavy (non-hydrogen) atoms. The molecule has 1 aliphatic rings. The number of aliphatic hydroxyl groups excluding tert-OH is 1. The van der Waals surface area contributed by atoms with Crippen molar-refractivity contribution in [2.75, 3.05) is 33.4 Å². The summed E-state index contributed by atoms with van der Waals surface area (Å²) in [6.07, 6.45) is 0.428. The third-order valence-corrected chi connectivity index (χ3v) is 3.06. The van der Waals surface area contributed by atoms with E-state index in [1.807, 2.05) is 30.1 Å². The topological polar surface area (TPSA) is 68.0 Å². The van der Waals surface area contributed by atoms with Crippen molar-refractivity contribution in [1.82, 2.24) is 4.90 Å². The Morgan fingerprint density at radius 3 is 2.79 bits per heavy atom. The van der Waals surface area contributed by atoms with Crippen molar-refractivity contribution in [1.29, 1.82) is 0 Å². The minimum absolute atomic E-state index is 0.283. The smallest absolute Gasteiger partial charge is 0.161 e. The molecule has 0 amide bonds. The predicted molar refractivity (Wildman–Crippen MR) is 73.4 cm³/mol. The summed E-state index contributed by atoms with van der Waals surface area (Å²) in [5, 5.41) is 9.52. The summed E-state index contributed by atoms with van der Waals surface area (Å²) in [4.78, 5) is 2.04. The van der Waals surface area contributed by atoms with Gasteiger partial charge in [0.2, 0.25) is 0 Å². The van der Waals surface area contributed by atoms with E-state index < -0.39 is 6.10 Å². The van der Waals surface area contributed by atoms with E-state index in [0.717, 1.165) is 30.0 Å². The Morgan fingerprint density at radius 1 is 1.32 bits per heavy atom. The van der Waals surface area contributed by atoms with Gasteiger partial charge in [0.1, 0.15) is 0 Å². The number of likely N-dealkylation sites (N-methyl/N-ethyl adjacent to an activating group) is 1. The molecule has 0 saturated carbocycles. The van der Waals surface area contributed by atoms with Gasteiger partial charge in [-0.3, -0.25) is 4.90 Å². The molecule has 5 heteroatoms. The highest BCUT2D eigenvalue weighted by Crippen LogP contribution is 2.30. The quantitative estimate of drug-likeness (QED) is 0.817. The lowest BCUT2D eigenvalue weighted by Gasteiger charge is -2.20. The third-order valence-electron chi connectivity index (χ3n) is 3.06. The van der Waals surface area contributed by atoms with Crippen LogP contribution in [0.25, 0.3) is 0 Å².